The van der Waals surface area contributed by atoms with Gasteiger partial charge in [-0.1, -0.05) is 0 Å². The monoisotopic (exact) mass is 271 g/mol. The van der Waals surface area contributed by atoms with Crippen molar-refractivity contribution in [2.24, 2.45) is 7.05 Å². The molecule has 0 unspecified atom stereocenters. The topological polar surface area (TPSA) is 76.2 Å². The summed E-state index contributed by atoms with van der Waals surface area (Å²) in [7, 11) is 1.68. The highest BCUT2D eigenvalue weighted by Gasteiger charge is 2.18. The number of nitro groups is 1. The first-order valence-electron chi connectivity index (χ1n) is 5.89. The predicted octanol–water partition coefficient (Wildman–Crippen LogP) is 0.789. The van der Waals surface area contributed by atoms with Gasteiger partial charge in [-0.2, -0.15) is 11.8 Å². The molecule has 0 radical (unpaired) electrons. The van der Waals surface area contributed by atoms with Gasteiger partial charge in [-0.3, -0.25) is 19.7 Å². The molecule has 1 aromatic heterocycles. The first-order chi connectivity index (χ1) is 8.66. The lowest BCUT2D eigenvalue weighted by Gasteiger charge is -2.25. The summed E-state index contributed by atoms with van der Waals surface area (Å²) in [5.74, 6) is 2.70. The summed E-state index contributed by atoms with van der Waals surface area (Å²) in [6, 6.07) is 0. The molecule has 0 bridgehead atoms. The van der Waals surface area contributed by atoms with Crippen LogP contribution in [-0.4, -0.2) is 57.3 Å². The highest BCUT2D eigenvalue weighted by molar-refractivity contribution is 7.99. The average Bonchev–Trinajstić information content (AvgIpc) is 2.72. The molecule has 0 atom stereocenters. The number of rotatable bonds is 5. The normalized spacial score (nSPS) is 16.7. The molecule has 0 spiro atoms. The second kappa shape index (κ2) is 6.05. The van der Waals surface area contributed by atoms with Gasteiger partial charge in [-0.25, -0.2) is 0 Å². The van der Waals surface area contributed by atoms with E-state index >= 15 is 0 Å². The molecule has 0 aliphatic carbocycles. The van der Waals surface area contributed by atoms with Crippen LogP contribution in [-0.2, 0) is 7.05 Å². The molecular formula is C10H17N5O2S. The van der Waals surface area contributed by atoms with Crippen LogP contribution in [0.3, 0.4) is 0 Å². The van der Waals surface area contributed by atoms with Crippen LogP contribution in [0.4, 0.5) is 11.5 Å². The lowest BCUT2D eigenvalue weighted by molar-refractivity contribution is -0.384. The third kappa shape index (κ3) is 3.36. The Morgan fingerprint density at radius 3 is 2.94 bits per heavy atom. The third-order valence-electron chi connectivity index (χ3n) is 2.83. The van der Waals surface area contributed by atoms with Crippen molar-refractivity contribution in [3.63, 3.8) is 0 Å². The number of nitrogens with one attached hydrogen (secondary N) is 1. The zero-order valence-electron chi connectivity index (χ0n) is 10.3. The Morgan fingerprint density at radius 1 is 1.56 bits per heavy atom. The van der Waals surface area contributed by atoms with E-state index in [0.717, 1.165) is 19.6 Å². The Balaban J connectivity index is 1.84. The second-order valence-electron chi connectivity index (χ2n) is 4.17. The van der Waals surface area contributed by atoms with E-state index in [1.165, 1.54) is 22.4 Å². The average molecular weight is 271 g/mol. The number of thioether (sulfide) groups is 1. The van der Waals surface area contributed by atoms with E-state index in [1.807, 2.05) is 11.8 Å². The summed E-state index contributed by atoms with van der Waals surface area (Å²) in [6.07, 6.45) is 1.42. The Morgan fingerprint density at radius 2 is 2.28 bits per heavy atom. The molecule has 7 nitrogen and oxygen atoms in total. The van der Waals surface area contributed by atoms with Crippen LogP contribution in [0.15, 0.2) is 6.20 Å². The fourth-order valence-electron chi connectivity index (χ4n) is 1.89. The van der Waals surface area contributed by atoms with Gasteiger partial charge in [0.15, 0.2) is 0 Å². The summed E-state index contributed by atoms with van der Waals surface area (Å²) < 4.78 is 1.46. The zero-order valence-corrected chi connectivity index (χ0v) is 11.2. The van der Waals surface area contributed by atoms with Gasteiger partial charge in [0, 0.05) is 44.7 Å². The minimum Gasteiger partial charge on any atom is -0.362 e. The summed E-state index contributed by atoms with van der Waals surface area (Å²) in [5, 5.41) is 17.9. The fourth-order valence-corrected chi connectivity index (χ4v) is 2.87. The molecule has 0 amide bonds. The predicted molar refractivity (Wildman–Crippen MR) is 72.1 cm³/mol. The molecule has 0 saturated carbocycles. The van der Waals surface area contributed by atoms with Crippen LogP contribution < -0.4 is 5.32 Å². The molecule has 100 valence electrons. The van der Waals surface area contributed by atoms with E-state index in [0.29, 0.717) is 12.4 Å². The molecule has 18 heavy (non-hydrogen) atoms. The Bertz CT molecular complexity index is 416. The molecule has 0 aromatic carbocycles. The maximum Gasteiger partial charge on any atom is 0.330 e. The molecular weight excluding hydrogens is 254 g/mol. The van der Waals surface area contributed by atoms with Crippen LogP contribution in [0.5, 0.6) is 0 Å². The Kier molecular flexibility index (Phi) is 4.43. The minimum atomic E-state index is -0.410. The standard InChI is InChI=1S/C10H17N5O2S/c1-13-8-9(15(16)17)10(12-13)11-2-3-14-4-6-18-7-5-14/h8H,2-7H2,1H3,(H,11,12). The van der Waals surface area contributed by atoms with Crippen LogP contribution in [0.25, 0.3) is 0 Å². The van der Waals surface area contributed by atoms with E-state index in [9.17, 15) is 10.1 Å². The van der Waals surface area contributed by atoms with Gasteiger partial charge in [0.2, 0.25) is 5.82 Å². The number of hydrogen-bond donors (Lipinski definition) is 1. The van der Waals surface area contributed by atoms with Gasteiger partial charge in [-0.05, 0) is 0 Å². The van der Waals surface area contributed by atoms with Gasteiger partial charge >= 0.3 is 5.69 Å². The van der Waals surface area contributed by atoms with Crippen molar-refractivity contribution in [2.75, 3.05) is 43.0 Å². The second-order valence-corrected chi connectivity index (χ2v) is 5.40. The van der Waals surface area contributed by atoms with Crippen molar-refractivity contribution >= 4 is 23.3 Å². The molecule has 1 N–H and O–H groups in total. The minimum absolute atomic E-state index is 0.0340. The van der Waals surface area contributed by atoms with Gasteiger partial charge in [0.05, 0.1) is 4.92 Å². The molecule has 2 heterocycles. The van der Waals surface area contributed by atoms with Crippen LogP contribution in [0.1, 0.15) is 0 Å². The van der Waals surface area contributed by atoms with Crippen molar-refractivity contribution in [2.45, 2.75) is 0 Å². The van der Waals surface area contributed by atoms with Crippen LogP contribution in [0, 0.1) is 10.1 Å². The van der Waals surface area contributed by atoms with Crippen molar-refractivity contribution in [3.05, 3.63) is 16.3 Å². The van der Waals surface area contributed by atoms with E-state index in [1.54, 1.807) is 7.05 Å². The fraction of sp³-hybridized carbons (Fsp3) is 0.700. The lowest BCUT2D eigenvalue weighted by Crippen LogP contribution is -2.36. The molecule has 1 saturated heterocycles. The van der Waals surface area contributed by atoms with E-state index in [4.69, 9.17) is 0 Å². The Hall–Kier alpha value is -1.28. The van der Waals surface area contributed by atoms with Crippen molar-refractivity contribution in [1.29, 1.82) is 0 Å². The zero-order chi connectivity index (χ0) is 13.0. The largest absolute Gasteiger partial charge is 0.362 e. The number of hydrogen-bond acceptors (Lipinski definition) is 6. The highest BCUT2D eigenvalue weighted by atomic mass is 32.2. The third-order valence-corrected chi connectivity index (χ3v) is 3.77. The SMILES string of the molecule is Cn1cc([N+](=O)[O-])c(NCCN2CCSCC2)n1. The summed E-state index contributed by atoms with van der Waals surface area (Å²) >= 11 is 1.97. The number of anilines is 1. The van der Waals surface area contributed by atoms with E-state index < -0.39 is 4.92 Å². The maximum absolute atomic E-state index is 10.8. The van der Waals surface area contributed by atoms with Crippen LogP contribution >= 0.6 is 11.8 Å². The molecule has 1 aliphatic heterocycles. The number of aryl methyl sites for hydroxylation is 1. The Labute approximate surface area is 110 Å². The highest BCUT2D eigenvalue weighted by Crippen LogP contribution is 2.21. The molecule has 1 aromatic rings. The number of nitrogens with zero attached hydrogens (tertiary/aromatic N) is 4. The molecule has 2 rings (SSSR count). The van der Waals surface area contributed by atoms with Gasteiger partial charge < -0.3 is 5.32 Å². The molecule has 8 heteroatoms. The van der Waals surface area contributed by atoms with Crippen LogP contribution in [0.2, 0.25) is 0 Å². The number of aromatic nitrogens is 2. The molecule has 1 fully saturated rings. The quantitative estimate of drug-likeness (QED) is 0.630. The van der Waals surface area contributed by atoms with E-state index in [2.05, 4.69) is 15.3 Å². The van der Waals surface area contributed by atoms with Gasteiger partial charge in [0.25, 0.3) is 0 Å². The molecule has 1 aliphatic rings. The maximum atomic E-state index is 10.8. The van der Waals surface area contributed by atoms with Crippen molar-refractivity contribution in [1.82, 2.24) is 14.7 Å². The smallest absolute Gasteiger partial charge is 0.330 e. The lowest BCUT2D eigenvalue weighted by atomic mass is 10.4. The van der Waals surface area contributed by atoms with Crippen molar-refractivity contribution < 1.29 is 4.92 Å². The summed E-state index contributed by atoms with van der Waals surface area (Å²) in [5.41, 5.74) is 0.0340. The first kappa shape index (κ1) is 13.2. The summed E-state index contributed by atoms with van der Waals surface area (Å²) in [4.78, 5) is 12.7. The summed E-state index contributed by atoms with van der Waals surface area (Å²) in [6.45, 7) is 3.77. The first-order valence-corrected chi connectivity index (χ1v) is 7.04. The van der Waals surface area contributed by atoms with Gasteiger partial charge in [0.1, 0.15) is 6.20 Å². The van der Waals surface area contributed by atoms with E-state index in [-0.39, 0.29) is 5.69 Å². The van der Waals surface area contributed by atoms with Gasteiger partial charge in [-0.15, -0.1) is 5.10 Å². The van der Waals surface area contributed by atoms with Crippen molar-refractivity contribution in [3.8, 4) is 0 Å².